The van der Waals surface area contributed by atoms with Crippen LogP contribution in [0.25, 0.3) is 97.4 Å². The summed E-state index contributed by atoms with van der Waals surface area (Å²) in [5.41, 5.74) is 15.3. The molecule has 0 aliphatic heterocycles. The Hall–Kier alpha value is -8.18. The molecule has 0 spiro atoms. The third kappa shape index (κ3) is 5.66. The average Bonchev–Trinajstić information content (AvgIpc) is 4.04. The second-order valence-electron chi connectivity index (χ2n) is 16.5. The van der Waals surface area contributed by atoms with Gasteiger partial charge in [0, 0.05) is 65.3 Å². The number of rotatable bonds is 7. The molecule has 0 amide bonds. The van der Waals surface area contributed by atoms with Gasteiger partial charge >= 0.3 is 0 Å². The molecule has 0 radical (unpaired) electrons. The van der Waals surface area contributed by atoms with Crippen molar-refractivity contribution in [1.82, 2.24) is 9.13 Å². The average molecular weight is 834 g/mol. The maximum Gasteiger partial charge on any atom is 0.0640 e. The number of fused-ring (bicyclic) bond motifs is 9. The molecule has 300 valence electrons. The topological polar surface area (TPSA) is 13.1 Å². The lowest BCUT2D eigenvalue weighted by Crippen LogP contribution is -2.10. The predicted molar refractivity (Wildman–Crippen MR) is 274 cm³/mol. The van der Waals surface area contributed by atoms with Crippen molar-refractivity contribution in [2.75, 3.05) is 4.90 Å². The Bertz CT molecular complexity index is 3820. The van der Waals surface area contributed by atoms with E-state index in [1.54, 1.807) is 0 Å². The highest BCUT2D eigenvalue weighted by molar-refractivity contribution is 7.27. The normalized spacial score (nSPS) is 11.8. The van der Waals surface area contributed by atoms with Crippen molar-refractivity contribution in [3.63, 3.8) is 0 Å². The first-order valence-electron chi connectivity index (χ1n) is 21.8. The van der Waals surface area contributed by atoms with E-state index in [9.17, 15) is 0 Å². The molecule has 0 saturated carbocycles. The molecule has 0 aliphatic carbocycles. The molecule has 3 heterocycles. The van der Waals surface area contributed by atoms with Crippen LogP contribution in [-0.4, -0.2) is 9.13 Å². The van der Waals surface area contributed by atoms with Gasteiger partial charge in [-0.15, -0.1) is 11.3 Å². The van der Waals surface area contributed by atoms with Crippen LogP contribution in [-0.2, 0) is 0 Å². The number of para-hydroxylation sites is 5. The first-order chi connectivity index (χ1) is 31.8. The summed E-state index contributed by atoms with van der Waals surface area (Å²) >= 11 is 1.89. The Labute approximate surface area is 374 Å². The number of benzene rings is 10. The lowest BCUT2D eigenvalue weighted by Gasteiger charge is -2.26. The number of hydrogen-bond donors (Lipinski definition) is 0. The quantitative estimate of drug-likeness (QED) is 0.156. The number of hydrogen-bond acceptors (Lipinski definition) is 2. The SMILES string of the molecule is c1ccc(-c2cccc3c2sc2c(N(c4ccc(-c5cccc6c7ccccc7n(-c7ccccc7)c56)cc4)c4ccc(-n5c6ccccc6c6ccccc65)cc4)cccc23)cc1. The molecule has 0 saturated heterocycles. The summed E-state index contributed by atoms with van der Waals surface area (Å²) in [5, 5.41) is 7.56. The Kier molecular flexibility index (Phi) is 8.40. The second kappa shape index (κ2) is 14.7. The smallest absolute Gasteiger partial charge is 0.0640 e. The summed E-state index contributed by atoms with van der Waals surface area (Å²) in [5.74, 6) is 0. The van der Waals surface area contributed by atoms with Gasteiger partial charge < -0.3 is 14.0 Å². The molecule has 13 aromatic rings. The predicted octanol–water partition coefficient (Wildman–Crippen LogP) is 17.1. The zero-order valence-electron chi connectivity index (χ0n) is 34.8. The van der Waals surface area contributed by atoms with Crippen LogP contribution in [0.3, 0.4) is 0 Å². The van der Waals surface area contributed by atoms with Crippen molar-refractivity contribution < 1.29 is 0 Å². The van der Waals surface area contributed by atoms with Crippen LogP contribution >= 0.6 is 11.3 Å². The summed E-state index contributed by atoms with van der Waals surface area (Å²) in [6.45, 7) is 0. The minimum Gasteiger partial charge on any atom is -0.309 e. The minimum atomic E-state index is 1.09. The van der Waals surface area contributed by atoms with Gasteiger partial charge in [0.1, 0.15) is 0 Å². The maximum atomic E-state index is 2.45. The highest BCUT2D eigenvalue weighted by atomic mass is 32.1. The monoisotopic (exact) mass is 833 g/mol. The largest absolute Gasteiger partial charge is 0.309 e. The Morgan fingerprint density at radius 1 is 0.297 bits per heavy atom. The Morgan fingerprint density at radius 3 is 1.41 bits per heavy atom. The van der Waals surface area contributed by atoms with Crippen LogP contribution in [0.1, 0.15) is 0 Å². The molecule has 64 heavy (non-hydrogen) atoms. The maximum absolute atomic E-state index is 2.45. The highest BCUT2D eigenvalue weighted by Gasteiger charge is 2.22. The molecule has 0 fully saturated rings. The van der Waals surface area contributed by atoms with Gasteiger partial charge in [0.2, 0.25) is 0 Å². The Morgan fingerprint density at radius 2 is 0.750 bits per heavy atom. The number of aromatic nitrogens is 2. The van der Waals surface area contributed by atoms with Crippen LogP contribution < -0.4 is 4.90 Å². The van der Waals surface area contributed by atoms with Crippen molar-refractivity contribution in [2.24, 2.45) is 0 Å². The van der Waals surface area contributed by atoms with E-state index in [0.717, 1.165) is 28.4 Å². The lowest BCUT2D eigenvalue weighted by atomic mass is 10.0. The third-order valence-electron chi connectivity index (χ3n) is 12.9. The minimum absolute atomic E-state index is 1.09. The van der Waals surface area contributed by atoms with Crippen molar-refractivity contribution in [3.8, 4) is 33.6 Å². The summed E-state index contributed by atoms with van der Waals surface area (Å²) in [6.07, 6.45) is 0. The van der Waals surface area contributed by atoms with Gasteiger partial charge in [0.15, 0.2) is 0 Å². The lowest BCUT2D eigenvalue weighted by molar-refractivity contribution is 1.17. The molecule has 4 heteroatoms. The molecule has 0 atom stereocenters. The van der Waals surface area contributed by atoms with E-state index in [4.69, 9.17) is 0 Å². The van der Waals surface area contributed by atoms with E-state index in [2.05, 4.69) is 251 Å². The van der Waals surface area contributed by atoms with E-state index in [0.29, 0.717) is 0 Å². The molecule has 0 aliphatic rings. The van der Waals surface area contributed by atoms with Gasteiger partial charge in [0.25, 0.3) is 0 Å². The van der Waals surface area contributed by atoms with E-state index in [-0.39, 0.29) is 0 Å². The summed E-state index contributed by atoms with van der Waals surface area (Å²) < 4.78 is 7.37. The summed E-state index contributed by atoms with van der Waals surface area (Å²) in [7, 11) is 0. The highest BCUT2D eigenvalue weighted by Crippen LogP contribution is 2.48. The van der Waals surface area contributed by atoms with E-state index in [1.165, 1.54) is 86.0 Å². The molecule has 13 rings (SSSR count). The van der Waals surface area contributed by atoms with E-state index >= 15 is 0 Å². The fraction of sp³-hybridized carbons (Fsp3) is 0. The van der Waals surface area contributed by atoms with Gasteiger partial charge in [-0.1, -0.05) is 164 Å². The van der Waals surface area contributed by atoms with Gasteiger partial charge in [-0.05, 0) is 89.5 Å². The van der Waals surface area contributed by atoms with Crippen molar-refractivity contribution in [1.29, 1.82) is 0 Å². The zero-order chi connectivity index (χ0) is 42.1. The molecule has 3 aromatic heterocycles. The fourth-order valence-electron chi connectivity index (χ4n) is 10.1. The third-order valence-corrected chi connectivity index (χ3v) is 14.2. The molecular formula is C60H39N3S. The van der Waals surface area contributed by atoms with Crippen LogP contribution in [0, 0.1) is 0 Å². The van der Waals surface area contributed by atoms with Crippen LogP contribution in [0.15, 0.2) is 237 Å². The van der Waals surface area contributed by atoms with Crippen LogP contribution in [0.4, 0.5) is 17.1 Å². The molecule has 0 unspecified atom stereocenters. The first kappa shape index (κ1) is 36.5. The molecule has 3 nitrogen and oxygen atoms in total. The summed E-state index contributed by atoms with van der Waals surface area (Å²) in [6, 6.07) is 86.3. The van der Waals surface area contributed by atoms with Crippen LogP contribution in [0.5, 0.6) is 0 Å². The van der Waals surface area contributed by atoms with E-state index < -0.39 is 0 Å². The van der Waals surface area contributed by atoms with Crippen molar-refractivity contribution in [2.45, 2.75) is 0 Å². The molecule has 0 N–H and O–H groups in total. The van der Waals surface area contributed by atoms with Gasteiger partial charge in [-0.3, -0.25) is 0 Å². The fourth-order valence-corrected chi connectivity index (χ4v) is 11.4. The van der Waals surface area contributed by atoms with Gasteiger partial charge in [0.05, 0.1) is 32.5 Å². The molecule has 10 aromatic carbocycles. The zero-order valence-corrected chi connectivity index (χ0v) is 35.6. The number of thiophene rings is 1. The van der Waals surface area contributed by atoms with Crippen LogP contribution in [0.2, 0.25) is 0 Å². The summed E-state index contributed by atoms with van der Waals surface area (Å²) in [4.78, 5) is 2.45. The first-order valence-corrected chi connectivity index (χ1v) is 22.7. The second-order valence-corrected chi connectivity index (χ2v) is 17.5. The van der Waals surface area contributed by atoms with Gasteiger partial charge in [-0.2, -0.15) is 0 Å². The van der Waals surface area contributed by atoms with Crippen molar-refractivity contribution in [3.05, 3.63) is 237 Å². The number of nitrogens with zero attached hydrogens (tertiary/aromatic N) is 3. The number of anilines is 3. The van der Waals surface area contributed by atoms with Crippen molar-refractivity contribution >= 4 is 92.2 Å². The Balaban J connectivity index is 0.997. The molecular weight excluding hydrogens is 795 g/mol. The van der Waals surface area contributed by atoms with E-state index in [1.807, 2.05) is 11.3 Å². The van der Waals surface area contributed by atoms with Gasteiger partial charge in [-0.25, -0.2) is 0 Å². The standard InChI is InChI=1S/C60H39N3S/c1-3-16-40(17-4-1)47-24-14-26-52-53-27-15-31-57(60(53)64-59(47)52)61(44-36-38-45(39-37-44)62-54-28-10-7-20-48(54)49-21-8-11-29-55(49)62)43-34-32-41(33-35-43)46-23-13-25-51-50-22-9-12-30-56(50)63(58(46)51)42-18-5-2-6-19-42/h1-39H. The molecule has 0 bridgehead atoms.